The van der Waals surface area contributed by atoms with Gasteiger partial charge in [-0.1, -0.05) is 24.4 Å². The van der Waals surface area contributed by atoms with Crippen LogP contribution in [-0.4, -0.2) is 21.7 Å². The van der Waals surface area contributed by atoms with Crippen molar-refractivity contribution in [1.29, 1.82) is 0 Å². The predicted octanol–water partition coefficient (Wildman–Crippen LogP) is 3.01. The van der Waals surface area contributed by atoms with Crippen LogP contribution in [0.4, 0.5) is 0 Å². The molecule has 0 atom stereocenters. The molecule has 0 saturated heterocycles. The van der Waals surface area contributed by atoms with Gasteiger partial charge in [0.25, 0.3) is 0 Å². The lowest BCUT2D eigenvalue weighted by Gasteiger charge is -2.34. The Balaban J connectivity index is 0.00000161. The first-order chi connectivity index (χ1) is 9.81. The highest BCUT2D eigenvalue weighted by atomic mass is 35.5. The molecule has 114 valence electrons. The van der Waals surface area contributed by atoms with E-state index < -0.39 is 0 Å². The Labute approximate surface area is 130 Å². The highest BCUT2D eigenvalue weighted by molar-refractivity contribution is 5.85. The van der Waals surface area contributed by atoms with E-state index in [0.29, 0.717) is 18.3 Å². The Hall–Kier alpha value is -1.46. The monoisotopic (exact) mass is 308 g/mol. The largest absolute Gasteiger partial charge is 0.339 e. The maximum atomic E-state index is 6.01. The van der Waals surface area contributed by atoms with Crippen molar-refractivity contribution in [2.75, 3.05) is 6.54 Å². The normalized spacial score (nSPS) is 17.2. The quantitative estimate of drug-likeness (QED) is 0.939. The van der Waals surface area contributed by atoms with Gasteiger partial charge in [0.15, 0.2) is 0 Å². The molecule has 2 aromatic heterocycles. The lowest BCUT2D eigenvalue weighted by Crippen LogP contribution is -2.35. The molecule has 2 heterocycles. The summed E-state index contributed by atoms with van der Waals surface area (Å²) in [6.45, 7) is 0.694. The second-order valence-electron chi connectivity index (χ2n) is 5.69. The van der Waals surface area contributed by atoms with Crippen LogP contribution in [0.5, 0.6) is 0 Å². The molecule has 1 aliphatic rings. The van der Waals surface area contributed by atoms with Crippen LogP contribution in [0.3, 0.4) is 0 Å². The van der Waals surface area contributed by atoms with E-state index in [4.69, 9.17) is 10.3 Å². The van der Waals surface area contributed by atoms with Crippen LogP contribution >= 0.6 is 12.4 Å². The molecule has 0 radical (unpaired) electrons. The molecule has 21 heavy (non-hydrogen) atoms. The lowest BCUT2D eigenvalue weighted by atomic mass is 9.72. The van der Waals surface area contributed by atoms with Crippen molar-refractivity contribution in [1.82, 2.24) is 15.1 Å². The number of rotatable bonds is 4. The molecule has 0 amide bonds. The third kappa shape index (κ3) is 3.60. The molecular weight excluding hydrogens is 288 g/mol. The molecule has 3 rings (SSSR count). The maximum absolute atomic E-state index is 6.01. The number of pyridine rings is 1. The van der Waals surface area contributed by atoms with Gasteiger partial charge < -0.3 is 10.3 Å². The van der Waals surface area contributed by atoms with Crippen LogP contribution < -0.4 is 5.73 Å². The van der Waals surface area contributed by atoms with Crippen molar-refractivity contribution in [3.63, 3.8) is 0 Å². The van der Waals surface area contributed by atoms with Crippen molar-refractivity contribution in [3.8, 4) is 11.4 Å². The molecular formula is C15H21ClN4O. The smallest absolute Gasteiger partial charge is 0.227 e. The Morgan fingerprint density at radius 3 is 2.52 bits per heavy atom. The zero-order valence-electron chi connectivity index (χ0n) is 12.0. The summed E-state index contributed by atoms with van der Waals surface area (Å²) in [7, 11) is 0. The SMILES string of the molecule is Cl.NCC1(Cc2nc(-c3ccncc3)no2)CCCCC1. The van der Waals surface area contributed by atoms with Gasteiger partial charge in [0.2, 0.25) is 11.7 Å². The van der Waals surface area contributed by atoms with Crippen LogP contribution in [0.15, 0.2) is 29.0 Å². The summed E-state index contributed by atoms with van der Waals surface area (Å²) in [6.07, 6.45) is 10.4. The first kappa shape index (κ1) is 15.9. The minimum absolute atomic E-state index is 0. The molecule has 1 fully saturated rings. The first-order valence-corrected chi connectivity index (χ1v) is 7.24. The predicted molar refractivity (Wildman–Crippen MR) is 83.1 cm³/mol. The van der Waals surface area contributed by atoms with Gasteiger partial charge in [-0.05, 0) is 36.9 Å². The van der Waals surface area contributed by atoms with E-state index in [-0.39, 0.29) is 17.8 Å². The molecule has 0 spiro atoms. The summed E-state index contributed by atoms with van der Waals surface area (Å²) in [5, 5.41) is 4.06. The lowest BCUT2D eigenvalue weighted by molar-refractivity contribution is 0.177. The van der Waals surface area contributed by atoms with Crippen molar-refractivity contribution in [2.45, 2.75) is 38.5 Å². The second-order valence-corrected chi connectivity index (χ2v) is 5.69. The van der Waals surface area contributed by atoms with E-state index in [9.17, 15) is 0 Å². The summed E-state index contributed by atoms with van der Waals surface area (Å²) in [6, 6.07) is 3.77. The fourth-order valence-corrected chi connectivity index (χ4v) is 3.02. The summed E-state index contributed by atoms with van der Waals surface area (Å²) in [5.41, 5.74) is 7.09. The van der Waals surface area contributed by atoms with Gasteiger partial charge >= 0.3 is 0 Å². The molecule has 6 heteroatoms. The Morgan fingerprint density at radius 2 is 1.86 bits per heavy atom. The minimum Gasteiger partial charge on any atom is -0.339 e. The van der Waals surface area contributed by atoms with Crippen LogP contribution in [-0.2, 0) is 6.42 Å². The summed E-state index contributed by atoms with van der Waals surface area (Å²) >= 11 is 0. The van der Waals surface area contributed by atoms with Crippen molar-refractivity contribution >= 4 is 12.4 Å². The van der Waals surface area contributed by atoms with Gasteiger partial charge in [-0.25, -0.2) is 0 Å². The summed E-state index contributed by atoms with van der Waals surface area (Å²) in [5.74, 6) is 1.33. The third-order valence-corrected chi connectivity index (χ3v) is 4.28. The minimum atomic E-state index is 0. The van der Waals surface area contributed by atoms with Gasteiger partial charge in [0, 0.05) is 24.4 Å². The number of nitrogens with two attached hydrogens (primary N) is 1. The molecule has 2 N–H and O–H groups in total. The van der Waals surface area contributed by atoms with E-state index in [1.807, 2.05) is 12.1 Å². The van der Waals surface area contributed by atoms with E-state index in [0.717, 1.165) is 24.8 Å². The van der Waals surface area contributed by atoms with E-state index >= 15 is 0 Å². The van der Waals surface area contributed by atoms with Gasteiger partial charge in [0.05, 0.1) is 0 Å². The number of hydrogen-bond acceptors (Lipinski definition) is 5. The van der Waals surface area contributed by atoms with Gasteiger partial charge in [-0.15, -0.1) is 12.4 Å². The van der Waals surface area contributed by atoms with Gasteiger partial charge in [-0.3, -0.25) is 4.98 Å². The van der Waals surface area contributed by atoms with Gasteiger partial charge in [-0.2, -0.15) is 4.98 Å². The Morgan fingerprint density at radius 1 is 1.14 bits per heavy atom. The molecule has 0 bridgehead atoms. The van der Waals surface area contributed by atoms with Crippen LogP contribution in [0.1, 0.15) is 38.0 Å². The number of halogens is 1. The molecule has 1 saturated carbocycles. The fourth-order valence-electron chi connectivity index (χ4n) is 3.02. The van der Waals surface area contributed by atoms with Crippen molar-refractivity contribution in [2.24, 2.45) is 11.1 Å². The average Bonchev–Trinajstić information content (AvgIpc) is 2.97. The maximum Gasteiger partial charge on any atom is 0.227 e. The first-order valence-electron chi connectivity index (χ1n) is 7.24. The fraction of sp³-hybridized carbons (Fsp3) is 0.533. The number of aromatic nitrogens is 3. The Kier molecular flexibility index (Phi) is 5.31. The average molecular weight is 309 g/mol. The standard InChI is InChI=1S/C15H20N4O.ClH/c16-11-15(6-2-1-3-7-15)10-13-18-14(19-20-13)12-4-8-17-9-5-12;/h4-5,8-9H,1-3,6-7,10-11,16H2;1H. The van der Waals surface area contributed by atoms with Crippen molar-refractivity contribution < 1.29 is 4.52 Å². The highest BCUT2D eigenvalue weighted by Gasteiger charge is 2.32. The molecule has 0 aliphatic heterocycles. The highest BCUT2D eigenvalue weighted by Crippen LogP contribution is 2.38. The molecule has 5 nitrogen and oxygen atoms in total. The number of hydrogen-bond donors (Lipinski definition) is 1. The molecule has 0 aromatic carbocycles. The third-order valence-electron chi connectivity index (χ3n) is 4.28. The second kappa shape index (κ2) is 7.00. The Bertz CT molecular complexity index is 552. The van der Waals surface area contributed by atoms with Crippen LogP contribution in [0.2, 0.25) is 0 Å². The zero-order valence-corrected chi connectivity index (χ0v) is 12.8. The molecule has 1 aliphatic carbocycles. The van der Waals surface area contributed by atoms with Crippen LogP contribution in [0, 0.1) is 5.41 Å². The summed E-state index contributed by atoms with van der Waals surface area (Å²) in [4.78, 5) is 8.50. The van der Waals surface area contributed by atoms with Crippen LogP contribution in [0.25, 0.3) is 11.4 Å². The summed E-state index contributed by atoms with van der Waals surface area (Å²) < 4.78 is 5.41. The van der Waals surface area contributed by atoms with Crippen molar-refractivity contribution in [3.05, 3.63) is 30.4 Å². The topological polar surface area (TPSA) is 77.8 Å². The van der Waals surface area contributed by atoms with E-state index in [1.165, 1.54) is 19.3 Å². The number of nitrogens with zero attached hydrogens (tertiary/aromatic N) is 3. The zero-order chi connectivity index (χ0) is 13.8. The van der Waals surface area contributed by atoms with E-state index in [2.05, 4.69) is 15.1 Å². The molecule has 0 unspecified atom stereocenters. The van der Waals surface area contributed by atoms with E-state index in [1.54, 1.807) is 12.4 Å². The van der Waals surface area contributed by atoms with Gasteiger partial charge in [0.1, 0.15) is 0 Å². The molecule has 2 aromatic rings.